The molecular weight excluding hydrogens is 466 g/mol. The Balaban J connectivity index is 1.80. The van der Waals surface area contributed by atoms with Crippen LogP contribution in [-0.2, 0) is 25.5 Å². The van der Waals surface area contributed by atoms with E-state index in [4.69, 9.17) is 19.9 Å². The number of hydrogen-bond acceptors (Lipinski definition) is 9. The number of esters is 2. The molecule has 10 heteroatoms. The molecule has 0 aliphatic carbocycles. The number of hydrogen-bond donors (Lipinski definition) is 2. The summed E-state index contributed by atoms with van der Waals surface area (Å²) < 4.78 is 16.1. The summed E-state index contributed by atoms with van der Waals surface area (Å²) in [6.45, 7) is 3.98. The van der Waals surface area contributed by atoms with Crippen molar-refractivity contribution in [1.82, 2.24) is 5.32 Å². The number of benzene rings is 2. The van der Waals surface area contributed by atoms with Crippen LogP contribution in [0, 0.1) is 10.1 Å². The minimum Gasteiger partial charge on any atom is -0.490 e. The van der Waals surface area contributed by atoms with Crippen molar-refractivity contribution in [2.75, 3.05) is 26.9 Å². The van der Waals surface area contributed by atoms with Crippen LogP contribution in [0.4, 0.5) is 5.69 Å². The molecule has 2 aromatic carbocycles. The van der Waals surface area contributed by atoms with Gasteiger partial charge in [-0.05, 0) is 50.1 Å². The van der Waals surface area contributed by atoms with Crippen LogP contribution >= 0.6 is 0 Å². The van der Waals surface area contributed by atoms with E-state index in [-0.39, 0.29) is 30.0 Å². The molecule has 0 radical (unpaired) electrons. The second-order valence-electron chi connectivity index (χ2n) is 8.15. The minimum absolute atomic E-state index is 0.0436. The molecule has 0 saturated heterocycles. The van der Waals surface area contributed by atoms with Crippen LogP contribution < -0.4 is 15.8 Å². The molecule has 0 amide bonds. The summed E-state index contributed by atoms with van der Waals surface area (Å²) in [5, 5.41) is 14.4. The van der Waals surface area contributed by atoms with Gasteiger partial charge in [-0.2, -0.15) is 0 Å². The van der Waals surface area contributed by atoms with Gasteiger partial charge in [-0.15, -0.1) is 0 Å². The predicted octanol–water partition coefficient (Wildman–Crippen LogP) is 3.13. The van der Waals surface area contributed by atoms with Crippen LogP contribution in [0.3, 0.4) is 0 Å². The van der Waals surface area contributed by atoms with E-state index in [1.807, 2.05) is 24.3 Å². The fourth-order valence-corrected chi connectivity index (χ4v) is 4.09. The van der Waals surface area contributed by atoms with Crippen LogP contribution in [-0.4, -0.2) is 43.7 Å². The maximum atomic E-state index is 13.2. The molecule has 0 fully saturated rings. The molecular formula is C26H29N3O7. The summed E-state index contributed by atoms with van der Waals surface area (Å²) in [6, 6.07) is 13.3. The number of rotatable bonds is 10. The normalized spacial score (nSPS) is 15.3. The zero-order chi connectivity index (χ0) is 26.2. The van der Waals surface area contributed by atoms with Gasteiger partial charge >= 0.3 is 11.9 Å². The summed E-state index contributed by atoms with van der Waals surface area (Å²) in [5.41, 5.74) is 8.17. The largest absolute Gasteiger partial charge is 0.490 e. The fraction of sp³-hybridized carbons (Fsp3) is 0.308. The topological polar surface area (TPSA) is 143 Å². The maximum Gasteiger partial charge on any atom is 0.336 e. The van der Waals surface area contributed by atoms with Crippen LogP contribution in [0.1, 0.15) is 30.9 Å². The van der Waals surface area contributed by atoms with Gasteiger partial charge in [0, 0.05) is 23.5 Å². The van der Waals surface area contributed by atoms with Crippen LogP contribution in [0.15, 0.2) is 71.1 Å². The van der Waals surface area contributed by atoms with Gasteiger partial charge in [0.1, 0.15) is 19.0 Å². The van der Waals surface area contributed by atoms with Crippen LogP contribution in [0.5, 0.6) is 5.75 Å². The number of nitro groups is 1. The molecule has 3 rings (SSSR count). The zero-order valence-corrected chi connectivity index (χ0v) is 20.4. The molecule has 1 aliphatic heterocycles. The lowest BCUT2D eigenvalue weighted by Gasteiger charge is -2.30. The number of nitrogens with one attached hydrogen (secondary N) is 1. The number of allylic oxidation sites excluding steroid dienone is 2. The van der Waals surface area contributed by atoms with Gasteiger partial charge in [0.25, 0.3) is 5.69 Å². The third-order valence-corrected chi connectivity index (χ3v) is 5.74. The highest BCUT2D eigenvalue weighted by Gasteiger charge is 2.38. The van der Waals surface area contributed by atoms with Gasteiger partial charge in [0.15, 0.2) is 0 Å². The molecule has 36 heavy (non-hydrogen) atoms. The van der Waals surface area contributed by atoms with Crippen LogP contribution in [0.25, 0.3) is 0 Å². The third kappa shape index (κ3) is 6.08. The standard InChI is InChI=1S/C26H29N3O7/c1-16-22(25(30)34-3)24(19-5-4-6-20(15-19)29(32)33)23(17(2)28-16)26(31)36-14-13-35-21-9-7-18(8-10-21)11-12-27/h4-10,15,24,28H,11-14,27H2,1-3H3. The summed E-state index contributed by atoms with van der Waals surface area (Å²) in [7, 11) is 1.23. The minimum atomic E-state index is -0.915. The van der Waals surface area contributed by atoms with Gasteiger partial charge in [-0.3, -0.25) is 10.1 Å². The molecule has 1 aliphatic rings. The maximum absolute atomic E-state index is 13.2. The number of nitrogens with zero attached hydrogens (tertiary/aromatic N) is 1. The number of ether oxygens (including phenoxy) is 3. The van der Waals surface area contributed by atoms with Gasteiger partial charge in [0.2, 0.25) is 0 Å². The van der Waals surface area contributed by atoms with Gasteiger partial charge in [0.05, 0.1) is 29.1 Å². The Labute approximate surface area is 208 Å². The first-order valence-electron chi connectivity index (χ1n) is 11.4. The molecule has 1 heterocycles. The van der Waals surface area contributed by atoms with E-state index in [9.17, 15) is 19.7 Å². The highest BCUT2D eigenvalue weighted by Crippen LogP contribution is 2.40. The monoisotopic (exact) mass is 495 g/mol. The Bertz CT molecular complexity index is 1200. The van der Waals surface area contributed by atoms with Crippen molar-refractivity contribution in [1.29, 1.82) is 0 Å². The second-order valence-corrected chi connectivity index (χ2v) is 8.15. The summed E-state index contributed by atoms with van der Waals surface area (Å²) in [5.74, 6) is -1.62. The number of nitro benzene ring substituents is 1. The van der Waals surface area contributed by atoms with Crippen molar-refractivity contribution in [3.8, 4) is 5.75 Å². The van der Waals surface area contributed by atoms with Crippen molar-refractivity contribution < 1.29 is 28.7 Å². The Hall–Kier alpha value is -4.18. The van der Waals surface area contributed by atoms with Gasteiger partial charge < -0.3 is 25.3 Å². The molecule has 2 aromatic rings. The molecule has 0 spiro atoms. The molecule has 190 valence electrons. The highest BCUT2D eigenvalue weighted by atomic mass is 16.6. The predicted molar refractivity (Wildman–Crippen MR) is 132 cm³/mol. The van der Waals surface area contributed by atoms with E-state index in [0.29, 0.717) is 29.3 Å². The van der Waals surface area contributed by atoms with Crippen molar-refractivity contribution in [2.45, 2.75) is 26.2 Å². The third-order valence-electron chi connectivity index (χ3n) is 5.74. The Morgan fingerprint density at radius 3 is 2.31 bits per heavy atom. The summed E-state index contributed by atoms with van der Waals surface area (Å²) in [4.78, 5) is 36.7. The lowest BCUT2D eigenvalue weighted by atomic mass is 9.80. The number of carbonyl (C=O) groups is 2. The van der Waals surface area contributed by atoms with E-state index in [1.54, 1.807) is 19.9 Å². The van der Waals surface area contributed by atoms with Crippen molar-refractivity contribution in [3.05, 3.63) is 92.3 Å². The van der Waals surface area contributed by atoms with Crippen molar-refractivity contribution in [3.63, 3.8) is 0 Å². The first-order valence-corrected chi connectivity index (χ1v) is 11.4. The molecule has 0 saturated carbocycles. The molecule has 1 unspecified atom stereocenters. The Kier molecular flexibility index (Phi) is 8.80. The summed E-state index contributed by atoms with van der Waals surface area (Å²) in [6.07, 6.45) is 0.771. The van der Waals surface area contributed by atoms with Crippen molar-refractivity contribution in [2.24, 2.45) is 5.73 Å². The number of nitrogens with two attached hydrogens (primary N) is 1. The van der Waals surface area contributed by atoms with Crippen molar-refractivity contribution >= 4 is 17.6 Å². The molecule has 1 atom stereocenters. The fourth-order valence-electron chi connectivity index (χ4n) is 4.09. The second kappa shape index (κ2) is 12.0. The quantitative estimate of drug-likeness (QED) is 0.220. The first kappa shape index (κ1) is 26.4. The number of non-ortho nitro benzene ring substituents is 1. The summed E-state index contributed by atoms with van der Waals surface area (Å²) >= 11 is 0. The lowest BCUT2D eigenvalue weighted by Crippen LogP contribution is -2.32. The van der Waals surface area contributed by atoms with E-state index >= 15 is 0 Å². The lowest BCUT2D eigenvalue weighted by molar-refractivity contribution is -0.384. The first-order chi connectivity index (χ1) is 17.3. The Morgan fingerprint density at radius 2 is 1.69 bits per heavy atom. The highest BCUT2D eigenvalue weighted by molar-refractivity contribution is 5.99. The van der Waals surface area contributed by atoms with Gasteiger partial charge in [-0.25, -0.2) is 9.59 Å². The Morgan fingerprint density at radius 1 is 1.03 bits per heavy atom. The van der Waals surface area contributed by atoms with E-state index in [2.05, 4.69) is 5.32 Å². The molecule has 0 bridgehead atoms. The number of methoxy groups -OCH3 is 1. The molecule has 0 aromatic heterocycles. The van der Waals surface area contributed by atoms with E-state index in [0.717, 1.165) is 12.0 Å². The smallest absolute Gasteiger partial charge is 0.336 e. The van der Waals surface area contributed by atoms with E-state index < -0.39 is 22.8 Å². The molecule has 3 N–H and O–H groups in total. The number of dihydropyridines is 1. The zero-order valence-electron chi connectivity index (χ0n) is 20.4. The van der Waals surface area contributed by atoms with Gasteiger partial charge in [-0.1, -0.05) is 24.3 Å². The van der Waals surface area contributed by atoms with Crippen LogP contribution in [0.2, 0.25) is 0 Å². The average Bonchev–Trinajstić information content (AvgIpc) is 2.86. The van der Waals surface area contributed by atoms with E-state index in [1.165, 1.54) is 25.3 Å². The average molecular weight is 496 g/mol. The SMILES string of the molecule is COC(=O)C1=C(C)NC(C)=C(C(=O)OCCOc2ccc(CCN)cc2)C1c1cccc([N+](=O)[O-])c1. The number of carbonyl (C=O) groups excluding carboxylic acids is 2. The molecule has 10 nitrogen and oxygen atoms in total.